The number of nitrogens with zero attached hydrogens (tertiary/aromatic N) is 2. The summed E-state index contributed by atoms with van der Waals surface area (Å²) >= 11 is 4.50. The number of hydrogen-bond donors (Lipinski definition) is 2. The monoisotopic (exact) mass is 443 g/mol. The normalized spacial score (nSPS) is 17.4. The van der Waals surface area contributed by atoms with Crippen LogP contribution in [0.15, 0.2) is 27.3 Å². The Hall–Kier alpha value is -2.43. The molecule has 4 rings (SSSR count). The highest BCUT2D eigenvalue weighted by molar-refractivity contribution is 7.81. The third-order valence-electron chi connectivity index (χ3n) is 6.11. The van der Waals surface area contributed by atoms with E-state index in [0.29, 0.717) is 28.0 Å². The molecule has 1 aliphatic rings. The number of benzene rings is 1. The Labute approximate surface area is 186 Å². The molecule has 1 fully saturated rings. The van der Waals surface area contributed by atoms with Crippen molar-refractivity contribution in [2.45, 2.75) is 45.8 Å². The predicted octanol–water partition coefficient (Wildman–Crippen LogP) is 3.34. The molecule has 0 unspecified atom stereocenters. The number of hydrogen-bond acceptors (Lipinski definition) is 8. The highest BCUT2D eigenvalue weighted by atomic mass is 32.1. The molecule has 31 heavy (non-hydrogen) atoms. The van der Waals surface area contributed by atoms with Gasteiger partial charge in [-0.15, -0.1) is 0 Å². The molecule has 10 heteroatoms. The molecule has 0 saturated carbocycles. The molecular weight excluding hydrogens is 417 g/mol. The third kappa shape index (κ3) is 3.42. The Morgan fingerprint density at radius 1 is 1.19 bits per heavy atom. The van der Waals surface area contributed by atoms with E-state index in [1.54, 1.807) is 11.4 Å². The average Bonchev–Trinajstić information content (AvgIpc) is 3.33. The highest BCUT2D eigenvalue weighted by Crippen LogP contribution is 2.40. The predicted molar refractivity (Wildman–Crippen MR) is 123 cm³/mol. The van der Waals surface area contributed by atoms with Gasteiger partial charge in [0, 0.05) is 42.3 Å². The molecule has 164 valence electrons. The Balaban J connectivity index is 1.97. The second kappa shape index (κ2) is 7.32. The van der Waals surface area contributed by atoms with Crippen LogP contribution in [0, 0.1) is 6.92 Å². The third-order valence-corrected chi connectivity index (χ3v) is 6.32. The first-order valence-corrected chi connectivity index (χ1v) is 10.4. The first-order chi connectivity index (χ1) is 14.5. The van der Waals surface area contributed by atoms with Crippen molar-refractivity contribution in [2.75, 3.05) is 18.4 Å². The van der Waals surface area contributed by atoms with Crippen molar-refractivity contribution < 1.29 is 23.0 Å². The van der Waals surface area contributed by atoms with Crippen LogP contribution in [0.4, 0.5) is 5.69 Å². The summed E-state index contributed by atoms with van der Waals surface area (Å²) in [7, 11) is 2.75. The van der Waals surface area contributed by atoms with Gasteiger partial charge in [-0.1, -0.05) is 18.0 Å². The lowest BCUT2D eigenvalue weighted by atomic mass is 9.77. The number of anilines is 1. The summed E-state index contributed by atoms with van der Waals surface area (Å²) < 4.78 is 25.4. The van der Waals surface area contributed by atoms with E-state index in [0.717, 1.165) is 16.7 Å². The lowest BCUT2D eigenvalue weighted by Crippen LogP contribution is -2.41. The van der Waals surface area contributed by atoms with Crippen LogP contribution < -0.4 is 15.1 Å². The van der Waals surface area contributed by atoms with Crippen molar-refractivity contribution in [3.05, 3.63) is 29.5 Å². The van der Waals surface area contributed by atoms with E-state index in [4.69, 9.17) is 18.2 Å². The molecule has 3 heterocycles. The zero-order valence-corrected chi connectivity index (χ0v) is 19.6. The van der Waals surface area contributed by atoms with Crippen LogP contribution in [0.25, 0.3) is 22.4 Å². The number of carbonyl (C=O) groups excluding carboxylic acids is 1. The molecule has 0 radical (unpaired) electrons. The van der Waals surface area contributed by atoms with Crippen molar-refractivity contribution >= 4 is 48.0 Å². The number of amides is 1. The lowest BCUT2D eigenvalue weighted by Gasteiger charge is -2.32. The smallest absolute Gasteiger partial charge is 0.453 e. The van der Waals surface area contributed by atoms with Crippen molar-refractivity contribution in [1.29, 1.82) is 0 Å². The van der Waals surface area contributed by atoms with Gasteiger partial charge in [-0.2, -0.15) is 0 Å². The second-order valence-corrected chi connectivity index (χ2v) is 9.35. The molecule has 8 nitrogen and oxygen atoms in total. The largest absolute Gasteiger partial charge is 0.497 e. The maximum absolute atomic E-state index is 12.9. The van der Waals surface area contributed by atoms with Crippen molar-refractivity contribution in [3.63, 3.8) is 0 Å². The fourth-order valence-electron chi connectivity index (χ4n) is 3.61. The fourth-order valence-corrected chi connectivity index (χ4v) is 3.78. The van der Waals surface area contributed by atoms with Crippen LogP contribution in [0.2, 0.25) is 0 Å². The van der Waals surface area contributed by atoms with Crippen molar-refractivity contribution in [1.82, 2.24) is 10.5 Å². The topological polar surface area (TPSA) is 90.0 Å². The first-order valence-electron chi connectivity index (χ1n) is 9.99. The van der Waals surface area contributed by atoms with E-state index in [1.165, 1.54) is 6.26 Å². The summed E-state index contributed by atoms with van der Waals surface area (Å²) in [6.45, 7) is 9.82. The number of furan rings is 1. The van der Waals surface area contributed by atoms with Gasteiger partial charge in [0.15, 0.2) is 11.5 Å². The molecule has 3 aromatic rings. The molecule has 0 atom stereocenters. The Kier molecular flexibility index (Phi) is 5.15. The zero-order valence-electron chi connectivity index (χ0n) is 18.7. The van der Waals surface area contributed by atoms with Gasteiger partial charge in [-0.25, -0.2) is 0 Å². The van der Waals surface area contributed by atoms with Crippen LogP contribution in [0.1, 0.15) is 43.6 Å². The molecule has 1 saturated heterocycles. The van der Waals surface area contributed by atoms with Crippen molar-refractivity contribution in [2.24, 2.45) is 0 Å². The standard InChI is InChI=1S/C21H26BN3O5S/c1-11-10-27-24-17(11)18-16(19(26)23-6)12-8-13(14(25(7)31)9-15(12)28-18)22-29-20(2,3)21(4,5)30-22/h8-10,31H,1-7H3,(H,23,26). The molecule has 1 aromatic carbocycles. The van der Waals surface area contributed by atoms with Crippen LogP contribution in [0.3, 0.4) is 0 Å². The zero-order chi connectivity index (χ0) is 22.7. The molecule has 2 aromatic heterocycles. The molecule has 0 aliphatic carbocycles. The lowest BCUT2D eigenvalue weighted by molar-refractivity contribution is 0.00578. The molecule has 0 bridgehead atoms. The van der Waals surface area contributed by atoms with Gasteiger partial charge in [0.2, 0.25) is 0 Å². The SMILES string of the molecule is CNC(=O)c1c(-c2nocc2C)oc2cc(N(C)S)c(B3OC(C)(C)C(C)(C)O3)cc12. The van der Waals surface area contributed by atoms with E-state index >= 15 is 0 Å². The number of carbonyl (C=O) groups is 1. The van der Waals surface area contributed by atoms with E-state index in [-0.39, 0.29) is 5.91 Å². The highest BCUT2D eigenvalue weighted by Gasteiger charge is 2.52. The summed E-state index contributed by atoms with van der Waals surface area (Å²) in [5, 5.41) is 7.34. The summed E-state index contributed by atoms with van der Waals surface area (Å²) in [4.78, 5) is 12.9. The summed E-state index contributed by atoms with van der Waals surface area (Å²) in [5.74, 6) is 0.0578. The van der Waals surface area contributed by atoms with E-state index in [2.05, 4.69) is 23.3 Å². The van der Waals surface area contributed by atoms with Crippen LogP contribution in [0.5, 0.6) is 0 Å². The van der Waals surface area contributed by atoms with Gasteiger partial charge in [0.05, 0.1) is 16.8 Å². The molecule has 1 aliphatic heterocycles. The Morgan fingerprint density at radius 3 is 2.35 bits per heavy atom. The van der Waals surface area contributed by atoms with Crippen LogP contribution in [-0.4, -0.2) is 43.5 Å². The van der Waals surface area contributed by atoms with E-state index in [9.17, 15) is 4.79 Å². The maximum atomic E-state index is 12.9. The van der Waals surface area contributed by atoms with E-state index < -0.39 is 18.3 Å². The first kappa shape index (κ1) is 21.8. The van der Waals surface area contributed by atoms with Crippen LogP contribution >= 0.6 is 12.8 Å². The Bertz CT molecular complexity index is 1150. The van der Waals surface area contributed by atoms with Gasteiger partial charge in [0.25, 0.3) is 5.91 Å². The van der Waals surface area contributed by atoms with Gasteiger partial charge >= 0.3 is 7.12 Å². The minimum absolute atomic E-state index is 0.289. The number of aromatic nitrogens is 1. The maximum Gasteiger partial charge on any atom is 0.497 e. The van der Waals surface area contributed by atoms with Gasteiger partial charge < -0.3 is 27.9 Å². The van der Waals surface area contributed by atoms with Crippen LogP contribution in [-0.2, 0) is 9.31 Å². The summed E-state index contributed by atoms with van der Waals surface area (Å²) in [6.07, 6.45) is 1.51. The minimum atomic E-state index is -0.635. The van der Waals surface area contributed by atoms with Crippen molar-refractivity contribution in [3.8, 4) is 11.5 Å². The molecular formula is C21H26BN3O5S. The molecule has 0 spiro atoms. The second-order valence-electron chi connectivity index (χ2n) is 8.75. The summed E-state index contributed by atoms with van der Waals surface area (Å²) in [5.41, 5.74) is 2.61. The Morgan fingerprint density at radius 2 is 1.84 bits per heavy atom. The summed E-state index contributed by atoms with van der Waals surface area (Å²) in [6, 6.07) is 3.70. The van der Waals surface area contributed by atoms with Gasteiger partial charge in [-0.3, -0.25) is 4.79 Å². The van der Waals surface area contributed by atoms with Gasteiger partial charge in [0.1, 0.15) is 11.8 Å². The van der Waals surface area contributed by atoms with E-state index in [1.807, 2.05) is 53.8 Å². The molecule has 1 amide bonds. The number of aryl methyl sites for hydroxylation is 1. The minimum Gasteiger partial charge on any atom is -0.453 e. The van der Waals surface area contributed by atoms with Gasteiger partial charge in [-0.05, 0) is 40.7 Å². The number of thiol groups is 1. The fraction of sp³-hybridized carbons (Fsp3) is 0.429. The number of rotatable bonds is 4. The molecule has 1 N–H and O–H groups in total. The number of fused-ring (bicyclic) bond motifs is 1. The quantitative estimate of drug-likeness (QED) is 0.472. The average molecular weight is 443 g/mol. The number of nitrogens with one attached hydrogen (secondary N) is 1.